The highest BCUT2D eigenvalue weighted by Crippen LogP contribution is 2.12. The first kappa shape index (κ1) is 15.8. The molecule has 0 unspecified atom stereocenters. The molecule has 0 atom stereocenters. The average molecular weight is 296 g/mol. The molecule has 0 aromatic heterocycles. The van der Waals surface area contributed by atoms with Crippen LogP contribution >= 0.6 is 0 Å². The van der Waals surface area contributed by atoms with Crippen molar-refractivity contribution in [1.29, 1.82) is 0 Å². The first-order valence-electron chi connectivity index (χ1n) is 7.08. The van der Waals surface area contributed by atoms with E-state index >= 15 is 0 Å². The minimum Gasteiger partial charge on any atom is -0.399 e. The molecule has 0 aliphatic rings. The van der Waals surface area contributed by atoms with Gasteiger partial charge in [-0.3, -0.25) is 4.79 Å². The van der Waals surface area contributed by atoms with Crippen LogP contribution < -0.4 is 0 Å². The molecule has 0 heterocycles. The number of oxime groups is 1. The maximum Gasteiger partial charge on any atom is 0.253 e. The number of benzene rings is 2. The van der Waals surface area contributed by atoms with Crippen LogP contribution in [-0.2, 0) is 11.4 Å². The number of nitrogens with zero attached hydrogens (tertiary/aromatic N) is 2. The molecular formula is C18H20N2O2. The number of aryl methyl sites for hydroxylation is 1. The van der Waals surface area contributed by atoms with Crippen molar-refractivity contribution in [3.05, 3.63) is 70.8 Å². The highest BCUT2D eigenvalue weighted by Gasteiger charge is 2.12. The van der Waals surface area contributed by atoms with Gasteiger partial charge in [-0.2, -0.15) is 0 Å². The second-order valence-electron chi connectivity index (χ2n) is 5.13. The lowest BCUT2D eigenvalue weighted by molar-refractivity contribution is 0.0785. The number of hydrogen-bond donors (Lipinski definition) is 0. The van der Waals surface area contributed by atoms with Crippen LogP contribution in [0.15, 0.2) is 53.7 Å². The maximum atomic E-state index is 12.5. The van der Waals surface area contributed by atoms with Crippen molar-refractivity contribution < 1.29 is 9.63 Å². The molecule has 22 heavy (non-hydrogen) atoms. The lowest BCUT2D eigenvalue weighted by atomic mass is 10.1. The van der Waals surface area contributed by atoms with Crippen LogP contribution in [0.2, 0.25) is 0 Å². The second kappa shape index (κ2) is 7.41. The van der Waals surface area contributed by atoms with Gasteiger partial charge in [-0.15, -0.1) is 0 Å². The zero-order valence-corrected chi connectivity index (χ0v) is 13.1. The fourth-order valence-electron chi connectivity index (χ4n) is 2.16. The predicted octanol–water partition coefficient (Wildman–Crippen LogP) is 3.25. The van der Waals surface area contributed by atoms with E-state index in [9.17, 15) is 4.79 Å². The van der Waals surface area contributed by atoms with Crippen LogP contribution in [0.5, 0.6) is 0 Å². The number of amides is 1. The van der Waals surface area contributed by atoms with Crippen LogP contribution in [0.4, 0.5) is 0 Å². The van der Waals surface area contributed by atoms with Crippen LogP contribution in [0.25, 0.3) is 0 Å². The van der Waals surface area contributed by atoms with Crippen molar-refractivity contribution in [1.82, 2.24) is 4.90 Å². The Balaban J connectivity index is 2.07. The Kier molecular flexibility index (Phi) is 5.31. The summed E-state index contributed by atoms with van der Waals surface area (Å²) in [5.41, 5.74) is 3.89. The van der Waals surface area contributed by atoms with E-state index in [1.54, 1.807) is 23.2 Å². The van der Waals surface area contributed by atoms with Gasteiger partial charge in [0.2, 0.25) is 0 Å². The van der Waals surface area contributed by atoms with Gasteiger partial charge in [-0.05, 0) is 35.7 Å². The smallest absolute Gasteiger partial charge is 0.253 e. The molecule has 2 rings (SSSR count). The first-order chi connectivity index (χ1) is 10.6. The molecule has 114 valence electrons. The van der Waals surface area contributed by atoms with E-state index in [1.807, 2.05) is 37.4 Å². The molecule has 0 spiro atoms. The Morgan fingerprint density at radius 2 is 1.86 bits per heavy atom. The standard InChI is InChI=1S/C18H20N2O2/c1-14-6-4-5-7-17(14)13-20(2)18(21)16-10-8-15(9-11-16)12-19-22-3/h4-12H,13H2,1-3H3/b19-12+. The molecule has 0 N–H and O–H groups in total. The zero-order valence-electron chi connectivity index (χ0n) is 13.1. The largest absolute Gasteiger partial charge is 0.399 e. The van der Waals surface area contributed by atoms with Gasteiger partial charge in [0.15, 0.2) is 0 Å². The van der Waals surface area contributed by atoms with Gasteiger partial charge in [-0.25, -0.2) is 0 Å². The van der Waals surface area contributed by atoms with Crippen molar-refractivity contribution in [2.75, 3.05) is 14.2 Å². The first-order valence-corrected chi connectivity index (χ1v) is 7.08. The molecular weight excluding hydrogens is 276 g/mol. The normalized spacial score (nSPS) is 10.7. The summed E-state index contributed by atoms with van der Waals surface area (Å²) in [6, 6.07) is 15.4. The third kappa shape index (κ3) is 3.95. The Bertz CT molecular complexity index is 663. The highest BCUT2D eigenvalue weighted by molar-refractivity contribution is 5.94. The molecule has 4 heteroatoms. The minimum absolute atomic E-state index is 0.00140. The van der Waals surface area contributed by atoms with Gasteiger partial charge in [0.1, 0.15) is 7.11 Å². The summed E-state index contributed by atoms with van der Waals surface area (Å²) < 4.78 is 0. The lowest BCUT2D eigenvalue weighted by Crippen LogP contribution is -2.26. The minimum atomic E-state index is -0.00140. The third-order valence-electron chi connectivity index (χ3n) is 3.48. The van der Waals surface area contributed by atoms with Crippen molar-refractivity contribution in [3.63, 3.8) is 0 Å². The molecule has 0 fully saturated rings. The number of rotatable bonds is 5. The SMILES string of the molecule is CO/N=C/c1ccc(C(=O)N(C)Cc2ccccc2C)cc1. The summed E-state index contributed by atoms with van der Waals surface area (Å²) in [6.45, 7) is 2.65. The second-order valence-corrected chi connectivity index (χ2v) is 5.13. The predicted molar refractivity (Wildman–Crippen MR) is 88.0 cm³/mol. The lowest BCUT2D eigenvalue weighted by Gasteiger charge is -2.18. The summed E-state index contributed by atoms with van der Waals surface area (Å²) >= 11 is 0. The summed E-state index contributed by atoms with van der Waals surface area (Å²) in [5, 5.41) is 3.70. The summed E-state index contributed by atoms with van der Waals surface area (Å²) in [7, 11) is 3.31. The molecule has 0 bridgehead atoms. The van der Waals surface area contributed by atoms with Crippen LogP contribution in [-0.4, -0.2) is 31.2 Å². The van der Waals surface area contributed by atoms with E-state index in [-0.39, 0.29) is 5.91 Å². The average Bonchev–Trinajstić information content (AvgIpc) is 2.55. The molecule has 4 nitrogen and oxygen atoms in total. The summed E-state index contributed by atoms with van der Waals surface area (Å²) in [4.78, 5) is 18.8. The quantitative estimate of drug-likeness (QED) is 0.628. The van der Waals surface area contributed by atoms with E-state index in [1.165, 1.54) is 12.7 Å². The van der Waals surface area contributed by atoms with Crippen molar-refractivity contribution in [2.45, 2.75) is 13.5 Å². The molecule has 0 aliphatic carbocycles. The van der Waals surface area contributed by atoms with E-state index in [0.29, 0.717) is 12.1 Å². The van der Waals surface area contributed by atoms with Crippen molar-refractivity contribution in [2.24, 2.45) is 5.16 Å². The van der Waals surface area contributed by atoms with Gasteiger partial charge in [-0.1, -0.05) is 41.6 Å². The number of hydrogen-bond acceptors (Lipinski definition) is 3. The number of carbonyl (C=O) groups is 1. The van der Waals surface area contributed by atoms with Crippen LogP contribution in [0, 0.1) is 6.92 Å². The van der Waals surface area contributed by atoms with Gasteiger partial charge in [0.05, 0.1) is 6.21 Å². The van der Waals surface area contributed by atoms with Crippen LogP contribution in [0.1, 0.15) is 27.0 Å². The van der Waals surface area contributed by atoms with Crippen molar-refractivity contribution in [3.8, 4) is 0 Å². The van der Waals surface area contributed by atoms with Crippen LogP contribution in [0.3, 0.4) is 0 Å². The monoisotopic (exact) mass is 296 g/mol. The molecule has 0 saturated carbocycles. The van der Waals surface area contributed by atoms with Gasteiger partial charge in [0.25, 0.3) is 5.91 Å². The van der Waals surface area contributed by atoms with Gasteiger partial charge >= 0.3 is 0 Å². The Hall–Kier alpha value is -2.62. The Morgan fingerprint density at radius 3 is 2.50 bits per heavy atom. The Labute approximate surface area is 131 Å². The van der Waals surface area contributed by atoms with E-state index < -0.39 is 0 Å². The van der Waals surface area contributed by atoms with Gasteiger partial charge < -0.3 is 9.74 Å². The molecule has 0 saturated heterocycles. The summed E-state index contributed by atoms with van der Waals surface area (Å²) in [6.07, 6.45) is 1.60. The van der Waals surface area contributed by atoms with E-state index in [4.69, 9.17) is 0 Å². The Morgan fingerprint density at radius 1 is 1.18 bits per heavy atom. The molecule has 1 amide bonds. The molecule has 2 aromatic carbocycles. The zero-order chi connectivity index (χ0) is 15.9. The van der Waals surface area contributed by atoms with E-state index in [0.717, 1.165) is 11.1 Å². The fourth-order valence-corrected chi connectivity index (χ4v) is 2.16. The van der Waals surface area contributed by atoms with Crippen molar-refractivity contribution >= 4 is 12.1 Å². The highest BCUT2D eigenvalue weighted by atomic mass is 16.6. The number of carbonyl (C=O) groups excluding carboxylic acids is 1. The molecule has 0 aliphatic heterocycles. The van der Waals surface area contributed by atoms with E-state index in [2.05, 4.69) is 23.0 Å². The molecule has 0 radical (unpaired) electrons. The third-order valence-corrected chi connectivity index (χ3v) is 3.48. The molecule has 2 aromatic rings. The fraction of sp³-hybridized carbons (Fsp3) is 0.222. The summed E-state index contributed by atoms with van der Waals surface area (Å²) in [5.74, 6) is -0.00140. The maximum absolute atomic E-state index is 12.5. The van der Waals surface area contributed by atoms with Gasteiger partial charge in [0, 0.05) is 19.2 Å². The topological polar surface area (TPSA) is 41.9 Å².